The Morgan fingerprint density at radius 3 is 2.21 bits per heavy atom. The van der Waals surface area contributed by atoms with Crippen molar-refractivity contribution < 1.29 is 22.0 Å². The fourth-order valence-electron chi connectivity index (χ4n) is 1.85. The molecule has 0 bridgehead atoms. The smallest absolute Gasteiger partial charge is 0.240 e. The first-order valence-electron chi connectivity index (χ1n) is 6.77. The van der Waals surface area contributed by atoms with Gasteiger partial charge in [-0.25, -0.2) is 21.9 Å². The molecule has 9 heteroatoms. The van der Waals surface area contributed by atoms with Gasteiger partial charge >= 0.3 is 0 Å². The van der Waals surface area contributed by atoms with Gasteiger partial charge in [0.1, 0.15) is 11.6 Å². The lowest BCUT2D eigenvalue weighted by molar-refractivity contribution is -0.116. The molecule has 0 saturated heterocycles. The highest BCUT2D eigenvalue weighted by Gasteiger charge is 2.14. The van der Waals surface area contributed by atoms with Crippen molar-refractivity contribution in [2.75, 3.05) is 11.9 Å². The summed E-state index contributed by atoms with van der Waals surface area (Å²) in [4.78, 5) is 11.7. The first kappa shape index (κ1) is 18.3. The second kappa shape index (κ2) is 7.69. The molecule has 0 spiro atoms. The number of amides is 1. The van der Waals surface area contributed by atoms with Crippen molar-refractivity contribution in [2.45, 2.75) is 11.3 Å². The van der Waals surface area contributed by atoms with E-state index in [-0.39, 0.29) is 23.5 Å². The maximum absolute atomic E-state index is 13.0. The van der Waals surface area contributed by atoms with Crippen molar-refractivity contribution in [3.05, 3.63) is 59.1 Å². The third-order valence-electron chi connectivity index (χ3n) is 2.91. The Hall–Kier alpha value is -2.03. The number of carbonyl (C=O) groups excluding carboxylic acids is 1. The van der Waals surface area contributed by atoms with E-state index in [1.165, 1.54) is 24.3 Å². The van der Waals surface area contributed by atoms with Crippen molar-refractivity contribution in [1.82, 2.24) is 4.72 Å². The average Bonchev–Trinajstić information content (AvgIpc) is 2.46. The van der Waals surface area contributed by atoms with Gasteiger partial charge in [-0.3, -0.25) is 4.79 Å². The Labute approximate surface area is 142 Å². The Balaban J connectivity index is 1.89. The molecule has 24 heavy (non-hydrogen) atoms. The molecule has 5 nitrogen and oxygen atoms in total. The van der Waals surface area contributed by atoms with E-state index in [0.29, 0.717) is 11.1 Å². The molecule has 0 fully saturated rings. The van der Waals surface area contributed by atoms with Crippen LogP contribution in [0.3, 0.4) is 0 Å². The summed E-state index contributed by atoms with van der Waals surface area (Å²) in [5, 5.41) is 2.68. The van der Waals surface area contributed by atoms with Gasteiger partial charge in [-0.05, 0) is 36.4 Å². The van der Waals surface area contributed by atoms with Gasteiger partial charge in [0.15, 0.2) is 0 Å². The molecule has 0 aliphatic heterocycles. The molecule has 2 N–H and O–H groups in total. The van der Waals surface area contributed by atoms with Crippen LogP contribution >= 0.6 is 11.6 Å². The van der Waals surface area contributed by atoms with Gasteiger partial charge in [0, 0.05) is 29.7 Å². The van der Waals surface area contributed by atoms with Gasteiger partial charge in [-0.15, -0.1) is 0 Å². The van der Waals surface area contributed by atoms with E-state index < -0.39 is 27.6 Å². The van der Waals surface area contributed by atoms with Gasteiger partial charge in [-0.2, -0.15) is 0 Å². The minimum absolute atomic E-state index is 0.0134. The highest BCUT2D eigenvalue weighted by molar-refractivity contribution is 7.89. The Morgan fingerprint density at radius 2 is 1.62 bits per heavy atom. The van der Waals surface area contributed by atoms with E-state index in [2.05, 4.69) is 10.0 Å². The summed E-state index contributed by atoms with van der Waals surface area (Å²) in [6.45, 7) is -0.172. The predicted octanol–water partition coefficient (Wildman–Crippen LogP) is 2.93. The normalized spacial score (nSPS) is 11.3. The summed E-state index contributed by atoms with van der Waals surface area (Å²) in [5.74, 6) is -2.23. The lowest BCUT2D eigenvalue weighted by atomic mass is 10.3. The summed E-state index contributed by atoms with van der Waals surface area (Å²) < 4.78 is 52.3. The van der Waals surface area contributed by atoms with Crippen molar-refractivity contribution in [3.8, 4) is 0 Å². The second-order valence-corrected chi connectivity index (χ2v) is 7.01. The number of rotatable bonds is 6. The van der Waals surface area contributed by atoms with Crippen LogP contribution in [0.5, 0.6) is 0 Å². The van der Waals surface area contributed by atoms with Crippen molar-refractivity contribution in [1.29, 1.82) is 0 Å². The highest BCUT2D eigenvalue weighted by atomic mass is 35.5. The lowest BCUT2D eigenvalue weighted by Crippen LogP contribution is -2.27. The SMILES string of the molecule is O=C(CCNS(=O)(=O)c1ccc(Cl)cc1)Nc1cc(F)cc(F)c1. The fraction of sp³-hybridized carbons (Fsp3) is 0.133. The second-order valence-electron chi connectivity index (χ2n) is 4.81. The molecule has 0 aromatic heterocycles. The molecule has 0 atom stereocenters. The maximum Gasteiger partial charge on any atom is 0.240 e. The third-order valence-corrected chi connectivity index (χ3v) is 4.64. The van der Waals surface area contributed by atoms with Crippen LogP contribution in [-0.2, 0) is 14.8 Å². The first-order chi connectivity index (χ1) is 11.3. The topological polar surface area (TPSA) is 75.3 Å². The van der Waals surface area contributed by atoms with Crippen LogP contribution in [0.15, 0.2) is 47.4 Å². The predicted molar refractivity (Wildman–Crippen MR) is 86.2 cm³/mol. The van der Waals surface area contributed by atoms with E-state index in [1.807, 2.05) is 0 Å². The summed E-state index contributed by atoms with van der Waals surface area (Å²) >= 11 is 5.69. The highest BCUT2D eigenvalue weighted by Crippen LogP contribution is 2.14. The molecule has 2 aromatic carbocycles. The van der Waals surface area contributed by atoms with E-state index >= 15 is 0 Å². The van der Waals surface area contributed by atoms with Crippen molar-refractivity contribution in [3.63, 3.8) is 0 Å². The summed E-state index contributed by atoms with van der Waals surface area (Å²) in [7, 11) is -3.77. The Bertz CT molecular complexity index is 822. The molecular weight excluding hydrogens is 362 g/mol. The molecular formula is C15H13ClF2N2O3S. The quantitative estimate of drug-likeness (QED) is 0.816. The largest absolute Gasteiger partial charge is 0.326 e. The lowest BCUT2D eigenvalue weighted by Gasteiger charge is -2.08. The standard InChI is InChI=1S/C15H13ClF2N2O3S/c16-10-1-3-14(4-2-10)24(22,23)19-6-5-15(21)20-13-8-11(17)7-12(18)9-13/h1-4,7-9,19H,5-6H2,(H,20,21). The van der Waals surface area contributed by atoms with Crippen molar-refractivity contribution >= 4 is 33.2 Å². The number of hydrogen-bond donors (Lipinski definition) is 2. The zero-order chi connectivity index (χ0) is 17.7. The number of anilines is 1. The fourth-order valence-corrected chi connectivity index (χ4v) is 3.00. The Morgan fingerprint density at radius 1 is 1.04 bits per heavy atom. The molecule has 2 aromatic rings. The number of sulfonamides is 1. The number of hydrogen-bond acceptors (Lipinski definition) is 3. The third kappa shape index (κ3) is 5.26. The van der Waals surface area contributed by atoms with Crippen LogP contribution in [0.4, 0.5) is 14.5 Å². The minimum Gasteiger partial charge on any atom is -0.326 e. The van der Waals surface area contributed by atoms with E-state index in [1.54, 1.807) is 0 Å². The van der Waals surface area contributed by atoms with Crippen LogP contribution in [-0.4, -0.2) is 20.9 Å². The average molecular weight is 375 g/mol. The Kier molecular flexibility index (Phi) is 5.87. The van der Waals surface area contributed by atoms with E-state index in [9.17, 15) is 22.0 Å². The molecule has 0 heterocycles. The molecule has 1 amide bonds. The number of benzene rings is 2. The summed E-state index contributed by atoms with van der Waals surface area (Å²) in [6, 6.07) is 8.12. The number of nitrogens with one attached hydrogen (secondary N) is 2. The molecule has 0 aliphatic carbocycles. The number of carbonyl (C=O) groups is 1. The molecule has 0 aliphatic rings. The van der Waals surface area contributed by atoms with Crippen LogP contribution in [0.2, 0.25) is 5.02 Å². The van der Waals surface area contributed by atoms with Gasteiger partial charge in [0.25, 0.3) is 0 Å². The summed E-state index contributed by atoms with van der Waals surface area (Å²) in [5.41, 5.74) is -0.0435. The van der Waals surface area contributed by atoms with Crippen LogP contribution in [0.25, 0.3) is 0 Å². The van der Waals surface area contributed by atoms with Crippen LogP contribution < -0.4 is 10.0 Å². The first-order valence-corrected chi connectivity index (χ1v) is 8.63. The van der Waals surface area contributed by atoms with E-state index in [4.69, 9.17) is 11.6 Å². The van der Waals surface area contributed by atoms with Gasteiger partial charge in [0.2, 0.25) is 15.9 Å². The van der Waals surface area contributed by atoms with Gasteiger partial charge in [0.05, 0.1) is 4.90 Å². The molecule has 2 rings (SSSR count). The molecule has 0 radical (unpaired) electrons. The van der Waals surface area contributed by atoms with Gasteiger partial charge < -0.3 is 5.32 Å². The monoisotopic (exact) mass is 374 g/mol. The van der Waals surface area contributed by atoms with E-state index in [0.717, 1.165) is 12.1 Å². The molecule has 0 saturated carbocycles. The summed E-state index contributed by atoms with van der Waals surface area (Å²) in [6.07, 6.45) is -0.203. The van der Waals surface area contributed by atoms with Gasteiger partial charge in [-0.1, -0.05) is 11.6 Å². The maximum atomic E-state index is 13.0. The minimum atomic E-state index is -3.77. The van der Waals surface area contributed by atoms with Crippen molar-refractivity contribution in [2.24, 2.45) is 0 Å². The molecule has 0 unspecified atom stereocenters. The zero-order valence-corrected chi connectivity index (χ0v) is 13.8. The zero-order valence-electron chi connectivity index (χ0n) is 12.2. The van der Waals surface area contributed by atoms with Crippen LogP contribution in [0.1, 0.15) is 6.42 Å². The molecule has 128 valence electrons. The number of halogens is 3. The van der Waals surface area contributed by atoms with Crippen LogP contribution in [0, 0.1) is 11.6 Å².